The molecule has 0 spiro atoms. The highest BCUT2D eigenvalue weighted by molar-refractivity contribution is 6.30. The third-order valence-electron chi connectivity index (χ3n) is 1.83. The second-order valence-electron chi connectivity index (χ2n) is 3.48. The smallest absolute Gasteiger partial charge is 0.406 e. The summed E-state index contributed by atoms with van der Waals surface area (Å²) in [5, 5.41) is 0.105. The molecule has 0 amide bonds. The van der Waals surface area contributed by atoms with Crippen LogP contribution in [0.25, 0.3) is 0 Å². The van der Waals surface area contributed by atoms with E-state index in [4.69, 9.17) is 11.6 Å². The van der Waals surface area contributed by atoms with Crippen molar-refractivity contribution < 1.29 is 22.3 Å². The van der Waals surface area contributed by atoms with Gasteiger partial charge in [0, 0.05) is 5.02 Å². The largest absolute Gasteiger partial charge is 0.573 e. The molecule has 1 aromatic rings. The number of benzene rings is 1. The molecule has 1 nitrogen and oxygen atoms in total. The van der Waals surface area contributed by atoms with Crippen molar-refractivity contribution in [2.24, 2.45) is 0 Å². The van der Waals surface area contributed by atoms with Gasteiger partial charge in [0.15, 0.2) is 0 Å². The zero-order valence-corrected chi connectivity index (χ0v) is 9.57. The maximum absolute atomic E-state index is 12.1. The van der Waals surface area contributed by atoms with Crippen LogP contribution in [-0.4, -0.2) is 6.36 Å². The first-order chi connectivity index (χ1) is 7.80. The van der Waals surface area contributed by atoms with Gasteiger partial charge in [0.2, 0.25) is 0 Å². The summed E-state index contributed by atoms with van der Waals surface area (Å²) in [7, 11) is 0. The van der Waals surface area contributed by atoms with E-state index >= 15 is 0 Å². The van der Waals surface area contributed by atoms with Crippen LogP contribution in [0.4, 0.5) is 17.6 Å². The minimum absolute atomic E-state index is 0.105. The topological polar surface area (TPSA) is 9.23 Å². The number of alkyl halides is 3. The molecule has 0 radical (unpaired) electrons. The molecule has 0 saturated heterocycles. The number of rotatable bonds is 3. The van der Waals surface area contributed by atoms with Crippen molar-refractivity contribution in [2.45, 2.75) is 19.7 Å². The predicted molar refractivity (Wildman–Crippen MR) is 56.7 cm³/mol. The van der Waals surface area contributed by atoms with E-state index in [1.807, 2.05) is 0 Å². The van der Waals surface area contributed by atoms with Gasteiger partial charge in [0.1, 0.15) is 5.75 Å². The van der Waals surface area contributed by atoms with E-state index in [-0.39, 0.29) is 11.4 Å². The van der Waals surface area contributed by atoms with Crippen LogP contribution in [0.15, 0.2) is 30.1 Å². The molecule has 0 aliphatic carbocycles. The predicted octanol–water partition coefficient (Wildman–Crippen LogP) is 4.65. The monoisotopic (exact) mass is 268 g/mol. The Hall–Kier alpha value is -1.23. The van der Waals surface area contributed by atoms with E-state index in [9.17, 15) is 17.6 Å². The van der Waals surface area contributed by atoms with Crippen LogP contribution in [0.3, 0.4) is 0 Å². The summed E-state index contributed by atoms with van der Waals surface area (Å²) in [5.74, 6) is -0.411. The van der Waals surface area contributed by atoms with Crippen molar-refractivity contribution in [3.05, 3.63) is 40.7 Å². The lowest BCUT2D eigenvalue weighted by Gasteiger charge is -2.10. The fourth-order valence-electron chi connectivity index (χ4n) is 1.28. The van der Waals surface area contributed by atoms with Crippen LogP contribution in [0.2, 0.25) is 5.02 Å². The highest BCUT2D eigenvalue weighted by atomic mass is 35.5. The summed E-state index contributed by atoms with van der Waals surface area (Å²) in [4.78, 5) is 0. The van der Waals surface area contributed by atoms with Gasteiger partial charge in [-0.25, -0.2) is 4.39 Å². The maximum Gasteiger partial charge on any atom is 0.573 e. The van der Waals surface area contributed by atoms with E-state index in [2.05, 4.69) is 4.74 Å². The normalized spacial score (nSPS) is 12.7. The lowest BCUT2D eigenvalue weighted by Crippen LogP contribution is -2.17. The third-order valence-corrected chi connectivity index (χ3v) is 2.05. The van der Waals surface area contributed by atoms with E-state index in [1.165, 1.54) is 19.1 Å². The van der Waals surface area contributed by atoms with Crippen molar-refractivity contribution in [3.63, 3.8) is 0 Å². The lowest BCUT2D eigenvalue weighted by atomic mass is 10.1. The van der Waals surface area contributed by atoms with Crippen LogP contribution in [0.1, 0.15) is 12.5 Å². The molecule has 94 valence electrons. The Kier molecular flexibility index (Phi) is 4.40. The maximum atomic E-state index is 12.1. The van der Waals surface area contributed by atoms with Gasteiger partial charge in [-0.1, -0.05) is 11.6 Å². The fourth-order valence-corrected chi connectivity index (χ4v) is 1.52. The van der Waals surface area contributed by atoms with Crippen molar-refractivity contribution in [3.8, 4) is 5.75 Å². The second-order valence-corrected chi connectivity index (χ2v) is 3.91. The Morgan fingerprint density at radius 3 is 2.53 bits per heavy atom. The molecule has 1 rings (SSSR count). The molecule has 0 unspecified atom stereocenters. The molecule has 6 heteroatoms. The molecule has 0 aliphatic heterocycles. The van der Waals surface area contributed by atoms with Crippen LogP contribution in [0.5, 0.6) is 5.75 Å². The number of halogens is 5. The molecular formula is C11H9ClF4O. The van der Waals surface area contributed by atoms with Crippen molar-refractivity contribution in [1.29, 1.82) is 0 Å². The zero-order valence-electron chi connectivity index (χ0n) is 8.81. The Labute approximate surface area is 101 Å². The number of hydrogen-bond acceptors (Lipinski definition) is 1. The standard InChI is InChI=1S/C11H9ClF4O/c1-7(6-13)2-8-3-9(12)5-10(4-8)17-11(14,15)16/h3-6H,2H2,1H3/b7-6-. The minimum Gasteiger partial charge on any atom is -0.406 e. The van der Waals surface area contributed by atoms with Gasteiger partial charge in [-0.2, -0.15) is 0 Å². The molecule has 17 heavy (non-hydrogen) atoms. The van der Waals surface area contributed by atoms with Crippen molar-refractivity contribution >= 4 is 11.6 Å². The van der Waals surface area contributed by atoms with Gasteiger partial charge in [0.25, 0.3) is 0 Å². The average Bonchev–Trinajstić information content (AvgIpc) is 2.13. The highest BCUT2D eigenvalue weighted by Gasteiger charge is 2.31. The van der Waals surface area contributed by atoms with Gasteiger partial charge in [-0.05, 0) is 42.7 Å². The summed E-state index contributed by atoms with van der Waals surface area (Å²) >= 11 is 5.64. The molecule has 0 saturated carbocycles. The summed E-state index contributed by atoms with van der Waals surface area (Å²) in [6.07, 6.45) is -4.20. The Bertz CT molecular complexity index is 426. The summed E-state index contributed by atoms with van der Waals surface area (Å²) in [5.41, 5.74) is 0.827. The van der Waals surface area contributed by atoms with Gasteiger partial charge >= 0.3 is 6.36 Å². The van der Waals surface area contributed by atoms with Crippen LogP contribution < -0.4 is 4.74 Å². The number of hydrogen-bond donors (Lipinski definition) is 0. The molecule has 0 atom stereocenters. The number of allylic oxidation sites excluding steroid dienone is 1. The van der Waals surface area contributed by atoms with E-state index in [1.54, 1.807) is 0 Å². The molecule has 0 aliphatic rings. The SMILES string of the molecule is C/C(=C/F)Cc1cc(Cl)cc(OC(F)(F)F)c1. The van der Waals surface area contributed by atoms with Crippen molar-refractivity contribution in [1.82, 2.24) is 0 Å². The second kappa shape index (κ2) is 5.40. The summed E-state index contributed by atoms with van der Waals surface area (Å²) in [6, 6.07) is 3.68. The quantitative estimate of drug-likeness (QED) is 0.725. The summed E-state index contributed by atoms with van der Waals surface area (Å²) < 4.78 is 51.9. The van der Waals surface area contributed by atoms with E-state index < -0.39 is 12.1 Å². The van der Waals surface area contributed by atoms with Gasteiger partial charge < -0.3 is 4.74 Å². The number of ether oxygens (including phenoxy) is 1. The van der Waals surface area contributed by atoms with E-state index in [0.717, 1.165) is 6.07 Å². The van der Waals surface area contributed by atoms with Crippen molar-refractivity contribution in [2.75, 3.05) is 0 Å². The van der Waals surface area contributed by atoms with Crippen LogP contribution in [-0.2, 0) is 6.42 Å². The highest BCUT2D eigenvalue weighted by Crippen LogP contribution is 2.27. The molecule has 0 heterocycles. The molecule has 0 aromatic heterocycles. The molecule has 0 fully saturated rings. The Balaban J connectivity index is 2.94. The molecular weight excluding hydrogens is 260 g/mol. The fraction of sp³-hybridized carbons (Fsp3) is 0.273. The Morgan fingerprint density at radius 2 is 2.00 bits per heavy atom. The van der Waals surface area contributed by atoms with Crippen LogP contribution in [0, 0.1) is 0 Å². The average molecular weight is 269 g/mol. The lowest BCUT2D eigenvalue weighted by molar-refractivity contribution is -0.274. The molecule has 1 aromatic carbocycles. The first-order valence-electron chi connectivity index (χ1n) is 4.61. The summed E-state index contributed by atoms with van der Waals surface area (Å²) in [6.45, 7) is 1.52. The van der Waals surface area contributed by atoms with Crippen LogP contribution >= 0.6 is 11.6 Å². The van der Waals surface area contributed by atoms with Gasteiger partial charge in [-0.15, -0.1) is 13.2 Å². The van der Waals surface area contributed by atoms with Gasteiger partial charge in [-0.3, -0.25) is 0 Å². The van der Waals surface area contributed by atoms with Gasteiger partial charge in [0.05, 0.1) is 6.33 Å². The molecule has 0 N–H and O–H groups in total. The first-order valence-corrected chi connectivity index (χ1v) is 4.99. The third kappa shape index (κ3) is 5.08. The zero-order chi connectivity index (χ0) is 13.1. The first kappa shape index (κ1) is 13.8. The molecule has 0 bridgehead atoms. The van der Waals surface area contributed by atoms with E-state index in [0.29, 0.717) is 17.5 Å². The Morgan fingerprint density at radius 1 is 1.35 bits per heavy atom. The minimum atomic E-state index is -4.77.